The zero-order chi connectivity index (χ0) is 13.1. The fraction of sp³-hybridized carbons (Fsp3) is 0.154. The van der Waals surface area contributed by atoms with Crippen LogP contribution in [-0.2, 0) is 0 Å². The van der Waals surface area contributed by atoms with E-state index >= 15 is 0 Å². The van der Waals surface area contributed by atoms with Crippen molar-refractivity contribution in [2.24, 2.45) is 0 Å². The van der Waals surface area contributed by atoms with Gasteiger partial charge in [0.2, 0.25) is 0 Å². The molecule has 0 atom stereocenters. The maximum absolute atomic E-state index is 11.5. The second kappa shape index (κ2) is 4.83. The number of hydrogen-bond donors (Lipinski definition) is 1. The van der Waals surface area contributed by atoms with E-state index in [1.165, 1.54) is 6.92 Å². The van der Waals surface area contributed by atoms with Crippen molar-refractivity contribution in [3.8, 4) is 11.8 Å². The molecule has 0 unspecified atom stereocenters. The first-order valence-electron chi connectivity index (χ1n) is 5.43. The summed E-state index contributed by atoms with van der Waals surface area (Å²) in [7, 11) is 0. The third-order valence-corrected chi connectivity index (χ3v) is 2.34. The summed E-state index contributed by atoms with van der Waals surface area (Å²) in [5.41, 5.74) is 7.50. The van der Waals surface area contributed by atoms with E-state index in [1.807, 2.05) is 6.92 Å². The Morgan fingerprint density at radius 3 is 2.56 bits per heavy atom. The predicted octanol–water partition coefficient (Wildman–Crippen LogP) is 2.36. The number of nitrogens with two attached hydrogens (primary N) is 1. The third kappa shape index (κ3) is 2.63. The minimum Gasteiger partial charge on any atom is -0.424 e. The van der Waals surface area contributed by atoms with Gasteiger partial charge in [-0.05, 0) is 37.6 Å². The van der Waals surface area contributed by atoms with Gasteiger partial charge >= 0.3 is 6.01 Å². The summed E-state index contributed by atoms with van der Waals surface area (Å²) in [6.45, 7) is 3.34. The molecule has 2 N–H and O–H groups in total. The molecule has 1 aromatic carbocycles. The first-order valence-corrected chi connectivity index (χ1v) is 5.43. The summed E-state index contributed by atoms with van der Waals surface area (Å²) < 4.78 is 5.48. The molecule has 0 bridgehead atoms. The molecule has 92 valence electrons. The van der Waals surface area contributed by atoms with E-state index < -0.39 is 0 Å². The van der Waals surface area contributed by atoms with Crippen LogP contribution in [0, 0.1) is 6.92 Å². The second-order valence-corrected chi connectivity index (χ2v) is 3.96. The highest BCUT2D eigenvalue weighted by Crippen LogP contribution is 2.25. The fourth-order valence-corrected chi connectivity index (χ4v) is 1.44. The number of hydrogen-bond acceptors (Lipinski definition) is 5. The van der Waals surface area contributed by atoms with E-state index in [0.29, 0.717) is 17.0 Å². The first kappa shape index (κ1) is 12.0. The van der Waals surface area contributed by atoms with Crippen molar-refractivity contribution < 1.29 is 9.53 Å². The van der Waals surface area contributed by atoms with Gasteiger partial charge in [0.1, 0.15) is 5.75 Å². The van der Waals surface area contributed by atoms with Gasteiger partial charge in [0.05, 0.1) is 5.56 Å². The molecule has 0 radical (unpaired) electrons. The average Bonchev–Trinajstić information content (AvgIpc) is 2.34. The number of Topliss-reactive ketones (excluding diaryl/α,β-unsaturated/α-hetero) is 1. The number of ether oxygens (including phenoxy) is 1. The van der Waals surface area contributed by atoms with E-state index in [-0.39, 0.29) is 11.8 Å². The molecule has 0 saturated heterocycles. The Balaban J connectivity index is 2.34. The molecule has 5 heteroatoms. The standard InChI is InChI=1S/C13H13N3O2/c1-8-6-15-13(16-7-8)18-12-4-3-10(14)5-11(12)9(2)17/h3-7H,14H2,1-2H3. The summed E-state index contributed by atoms with van der Waals surface area (Å²) in [6, 6.07) is 5.07. The van der Waals surface area contributed by atoms with E-state index in [2.05, 4.69) is 9.97 Å². The molecule has 2 aromatic rings. The van der Waals surface area contributed by atoms with Crippen LogP contribution in [0.4, 0.5) is 5.69 Å². The molecule has 0 saturated carbocycles. The summed E-state index contributed by atoms with van der Waals surface area (Å²) >= 11 is 0. The number of aromatic nitrogens is 2. The molecule has 1 aromatic heterocycles. The van der Waals surface area contributed by atoms with Gasteiger partial charge in [0.15, 0.2) is 5.78 Å². The molecule has 0 spiro atoms. The maximum atomic E-state index is 11.5. The number of anilines is 1. The lowest BCUT2D eigenvalue weighted by atomic mass is 10.1. The number of rotatable bonds is 3. The molecule has 2 rings (SSSR count). The number of aryl methyl sites for hydroxylation is 1. The molecule has 0 amide bonds. The van der Waals surface area contributed by atoms with Gasteiger partial charge in [-0.3, -0.25) is 4.79 Å². The maximum Gasteiger partial charge on any atom is 0.321 e. The number of nitrogen functional groups attached to an aromatic ring is 1. The highest BCUT2D eigenvalue weighted by Gasteiger charge is 2.11. The molecule has 5 nitrogen and oxygen atoms in total. The number of benzene rings is 1. The zero-order valence-electron chi connectivity index (χ0n) is 10.2. The van der Waals surface area contributed by atoms with Gasteiger partial charge in [0, 0.05) is 18.1 Å². The van der Waals surface area contributed by atoms with Crippen LogP contribution in [0.15, 0.2) is 30.6 Å². The first-order chi connectivity index (χ1) is 8.56. The van der Waals surface area contributed by atoms with Gasteiger partial charge in [-0.1, -0.05) is 0 Å². The zero-order valence-corrected chi connectivity index (χ0v) is 10.2. The van der Waals surface area contributed by atoms with Gasteiger partial charge in [-0.25, -0.2) is 9.97 Å². The van der Waals surface area contributed by atoms with Crippen LogP contribution in [0.25, 0.3) is 0 Å². The summed E-state index contributed by atoms with van der Waals surface area (Å²) in [4.78, 5) is 19.5. The van der Waals surface area contributed by atoms with Crippen molar-refractivity contribution in [1.82, 2.24) is 9.97 Å². The topological polar surface area (TPSA) is 78.1 Å². The van der Waals surface area contributed by atoms with Crippen LogP contribution in [0.1, 0.15) is 22.8 Å². The van der Waals surface area contributed by atoms with Crippen LogP contribution < -0.4 is 10.5 Å². The van der Waals surface area contributed by atoms with E-state index in [4.69, 9.17) is 10.5 Å². The van der Waals surface area contributed by atoms with Crippen molar-refractivity contribution in [3.05, 3.63) is 41.7 Å². The van der Waals surface area contributed by atoms with Crippen LogP contribution in [0.5, 0.6) is 11.8 Å². The highest BCUT2D eigenvalue weighted by molar-refractivity contribution is 5.97. The molecule has 0 aliphatic heterocycles. The Morgan fingerprint density at radius 1 is 1.28 bits per heavy atom. The molecule has 1 heterocycles. The van der Waals surface area contributed by atoms with Gasteiger partial charge < -0.3 is 10.5 Å². The van der Waals surface area contributed by atoms with Crippen molar-refractivity contribution in [3.63, 3.8) is 0 Å². The van der Waals surface area contributed by atoms with E-state index in [9.17, 15) is 4.79 Å². The summed E-state index contributed by atoms with van der Waals surface area (Å²) in [5, 5.41) is 0. The van der Waals surface area contributed by atoms with Gasteiger partial charge in [-0.15, -0.1) is 0 Å². The van der Waals surface area contributed by atoms with Gasteiger partial charge in [0.25, 0.3) is 0 Å². The van der Waals surface area contributed by atoms with Gasteiger partial charge in [-0.2, -0.15) is 0 Å². The molecular weight excluding hydrogens is 230 g/mol. The molecule has 0 fully saturated rings. The predicted molar refractivity (Wildman–Crippen MR) is 67.7 cm³/mol. The van der Waals surface area contributed by atoms with Crippen LogP contribution in [-0.4, -0.2) is 15.8 Å². The third-order valence-electron chi connectivity index (χ3n) is 2.34. The lowest BCUT2D eigenvalue weighted by Gasteiger charge is -2.08. The quantitative estimate of drug-likeness (QED) is 0.661. The van der Waals surface area contributed by atoms with Crippen molar-refractivity contribution >= 4 is 11.5 Å². The van der Waals surface area contributed by atoms with E-state index in [0.717, 1.165) is 5.56 Å². The highest BCUT2D eigenvalue weighted by atomic mass is 16.5. The number of ketones is 1. The lowest BCUT2D eigenvalue weighted by Crippen LogP contribution is -2.00. The van der Waals surface area contributed by atoms with Crippen molar-refractivity contribution in [2.75, 3.05) is 5.73 Å². The Hall–Kier alpha value is -2.43. The minimum atomic E-state index is -0.121. The van der Waals surface area contributed by atoms with Crippen LogP contribution in [0.2, 0.25) is 0 Å². The van der Waals surface area contributed by atoms with Crippen molar-refractivity contribution in [1.29, 1.82) is 0 Å². The van der Waals surface area contributed by atoms with E-state index in [1.54, 1.807) is 30.6 Å². The summed E-state index contributed by atoms with van der Waals surface area (Å²) in [5.74, 6) is 0.282. The largest absolute Gasteiger partial charge is 0.424 e. The number of carbonyl (C=O) groups is 1. The Labute approximate surface area is 105 Å². The lowest BCUT2D eigenvalue weighted by molar-refractivity contribution is 0.101. The molecule has 0 aliphatic carbocycles. The minimum absolute atomic E-state index is 0.121. The molecular formula is C13H13N3O2. The smallest absolute Gasteiger partial charge is 0.321 e. The SMILES string of the molecule is CC(=O)c1cc(N)ccc1Oc1ncc(C)cn1. The van der Waals surface area contributed by atoms with Crippen molar-refractivity contribution in [2.45, 2.75) is 13.8 Å². The number of carbonyl (C=O) groups excluding carboxylic acids is 1. The van der Waals surface area contributed by atoms with Crippen LogP contribution >= 0.6 is 0 Å². The Kier molecular flexibility index (Phi) is 3.23. The Bertz CT molecular complexity index is 579. The Morgan fingerprint density at radius 2 is 1.94 bits per heavy atom. The summed E-state index contributed by atoms with van der Waals surface area (Å²) in [6.07, 6.45) is 3.29. The fourth-order valence-electron chi connectivity index (χ4n) is 1.44. The molecule has 0 aliphatic rings. The van der Waals surface area contributed by atoms with Crippen LogP contribution in [0.3, 0.4) is 0 Å². The molecule has 18 heavy (non-hydrogen) atoms. The average molecular weight is 243 g/mol. The second-order valence-electron chi connectivity index (χ2n) is 3.96. The normalized spacial score (nSPS) is 10.1. The monoisotopic (exact) mass is 243 g/mol. The number of nitrogens with zero attached hydrogens (tertiary/aromatic N) is 2.